The number of aromatic nitrogens is 2. The molecule has 4 rings (SSSR count). The van der Waals surface area contributed by atoms with Crippen LogP contribution in [0.3, 0.4) is 0 Å². The van der Waals surface area contributed by atoms with Crippen LogP contribution in [0.1, 0.15) is 40.3 Å². The minimum absolute atomic E-state index is 0.0316. The molecule has 30 heavy (non-hydrogen) atoms. The second-order valence-corrected chi connectivity index (χ2v) is 7.31. The van der Waals surface area contributed by atoms with E-state index in [1.54, 1.807) is 18.7 Å². The van der Waals surface area contributed by atoms with Crippen LogP contribution in [0.2, 0.25) is 0 Å². The molecule has 5 heteroatoms. The minimum atomic E-state index is 0.0316. The van der Waals surface area contributed by atoms with Crippen molar-refractivity contribution < 1.29 is 9.62 Å². The molecule has 0 aliphatic rings. The highest BCUT2D eigenvalue weighted by molar-refractivity contribution is 6.01. The average molecular weight is 397 g/mol. The Hall–Kier alpha value is -3.73. The number of pyridine rings is 1. The fourth-order valence-electron chi connectivity index (χ4n) is 3.74. The van der Waals surface area contributed by atoms with E-state index in [0.717, 1.165) is 22.4 Å². The first-order chi connectivity index (χ1) is 14.7. The van der Waals surface area contributed by atoms with E-state index >= 15 is 0 Å². The van der Waals surface area contributed by atoms with Gasteiger partial charge in [0.1, 0.15) is 6.26 Å². The van der Waals surface area contributed by atoms with E-state index in [0.29, 0.717) is 18.0 Å². The van der Waals surface area contributed by atoms with Crippen LogP contribution in [-0.2, 0) is 0 Å². The van der Waals surface area contributed by atoms with Gasteiger partial charge < -0.3 is 9.62 Å². The SMILES string of the molecule is Cc1cc(/C(C[C@H](c2ccc(-c3ncco3)cc2)c2ccccc2C)=N/O)ccn1. The molecule has 0 fully saturated rings. The summed E-state index contributed by atoms with van der Waals surface area (Å²) in [5.74, 6) is 0.628. The third-order valence-corrected chi connectivity index (χ3v) is 5.30. The summed E-state index contributed by atoms with van der Waals surface area (Å²) in [6.07, 6.45) is 5.51. The van der Waals surface area contributed by atoms with Crippen LogP contribution in [0.4, 0.5) is 0 Å². The van der Waals surface area contributed by atoms with E-state index in [4.69, 9.17) is 4.42 Å². The molecule has 0 saturated carbocycles. The van der Waals surface area contributed by atoms with Crippen molar-refractivity contribution in [2.45, 2.75) is 26.2 Å². The molecule has 1 N–H and O–H groups in total. The molecule has 0 saturated heterocycles. The maximum Gasteiger partial charge on any atom is 0.225 e. The van der Waals surface area contributed by atoms with Gasteiger partial charge in [0.05, 0.1) is 11.9 Å². The van der Waals surface area contributed by atoms with Crippen LogP contribution in [0.5, 0.6) is 0 Å². The summed E-state index contributed by atoms with van der Waals surface area (Å²) >= 11 is 0. The molecule has 5 nitrogen and oxygen atoms in total. The molecule has 0 bridgehead atoms. The zero-order chi connectivity index (χ0) is 20.9. The van der Waals surface area contributed by atoms with Gasteiger partial charge in [0.2, 0.25) is 5.89 Å². The zero-order valence-electron chi connectivity index (χ0n) is 17.0. The second kappa shape index (κ2) is 8.74. The molecule has 4 aromatic rings. The number of oxazole rings is 1. The first kappa shape index (κ1) is 19.6. The van der Waals surface area contributed by atoms with Crippen LogP contribution >= 0.6 is 0 Å². The van der Waals surface area contributed by atoms with E-state index in [1.165, 1.54) is 11.1 Å². The Morgan fingerprint density at radius 2 is 1.80 bits per heavy atom. The smallest absolute Gasteiger partial charge is 0.225 e. The fourth-order valence-corrected chi connectivity index (χ4v) is 3.74. The molecule has 2 aromatic carbocycles. The Morgan fingerprint density at radius 1 is 1.00 bits per heavy atom. The van der Waals surface area contributed by atoms with Crippen molar-refractivity contribution in [3.8, 4) is 11.5 Å². The van der Waals surface area contributed by atoms with Crippen LogP contribution in [0.15, 0.2) is 88.9 Å². The Kier molecular flexibility index (Phi) is 5.70. The van der Waals surface area contributed by atoms with Gasteiger partial charge in [-0.2, -0.15) is 0 Å². The number of rotatable bonds is 6. The quantitative estimate of drug-likeness (QED) is 0.255. The van der Waals surface area contributed by atoms with Gasteiger partial charge in [0.25, 0.3) is 0 Å². The number of hydrogen-bond donors (Lipinski definition) is 1. The lowest BCUT2D eigenvalue weighted by Gasteiger charge is -2.21. The molecule has 2 heterocycles. The summed E-state index contributed by atoms with van der Waals surface area (Å²) in [4.78, 5) is 8.47. The number of aryl methyl sites for hydroxylation is 2. The highest BCUT2D eigenvalue weighted by Crippen LogP contribution is 2.33. The highest BCUT2D eigenvalue weighted by atomic mass is 16.4. The van der Waals surface area contributed by atoms with Crippen molar-refractivity contribution in [1.29, 1.82) is 0 Å². The number of oxime groups is 1. The maximum absolute atomic E-state index is 9.80. The highest BCUT2D eigenvalue weighted by Gasteiger charge is 2.20. The molecule has 0 amide bonds. The number of nitrogens with zero attached hydrogens (tertiary/aromatic N) is 3. The average Bonchev–Trinajstić information content (AvgIpc) is 3.31. The van der Waals surface area contributed by atoms with Crippen molar-refractivity contribution in [1.82, 2.24) is 9.97 Å². The van der Waals surface area contributed by atoms with Gasteiger partial charge in [-0.1, -0.05) is 41.6 Å². The van der Waals surface area contributed by atoms with E-state index in [9.17, 15) is 5.21 Å². The van der Waals surface area contributed by atoms with Crippen LogP contribution < -0.4 is 0 Å². The predicted octanol–water partition coefficient (Wildman–Crippen LogP) is 5.75. The third-order valence-electron chi connectivity index (χ3n) is 5.30. The summed E-state index contributed by atoms with van der Waals surface area (Å²) in [6.45, 7) is 4.04. The van der Waals surface area contributed by atoms with Gasteiger partial charge in [-0.25, -0.2) is 4.98 Å². The summed E-state index contributed by atoms with van der Waals surface area (Å²) in [5, 5.41) is 13.4. The van der Waals surface area contributed by atoms with Crippen molar-refractivity contribution >= 4 is 5.71 Å². The lowest BCUT2D eigenvalue weighted by atomic mass is 9.83. The molecule has 0 spiro atoms. The van der Waals surface area contributed by atoms with Gasteiger partial charge in [-0.05, 0) is 54.8 Å². The standard InChI is InChI=1S/C25H23N3O2/c1-17-5-3-4-6-22(17)23(16-24(28-29)21-11-12-26-18(2)15-21)19-7-9-20(10-8-19)25-27-13-14-30-25/h3-15,23,29H,16H2,1-2H3/b28-24+/t23-/m1/s1. The summed E-state index contributed by atoms with van der Waals surface area (Å²) in [5.41, 5.74) is 6.84. The third kappa shape index (κ3) is 4.15. The first-order valence-corrected chi connectivity index (χ1v) is 9.85. The van der Waals surface area contributed by atoms with Crippen LogP contribution in [0, 0.1) is 13.8 Å². The van der Waals surface area contributed by atoms with Gasteiger partial charge in [0, 0.05) is 35.4 Å². The molecular formula is C25H23N3O2. The lowest BCUT2D eigenvalue weighted by molar-refractivity contribution is 0.317. The molecule has 0 aliphatic carbocycles. The zero-order valence-corrected chi connectivity index (χ0v) is 17.0. The molecule has 0 unspecified atom stereocenters. The maximum atomic E-state index is 9.80. The van der Waals surface area contributed by atoms with Crippen molar-refractivity contribution in [2.24, 2.45) is 5.16 Å². The number of benzene rings is 2. The monoisotopic (exact) mass is 397 g/mol. The van der Waals surface area contributed by atoms with Gasteiger partial charge >= 0.3 is 0 Å². The van der Waals surface area contributed by atoms with Crippen LogP contribution in [-0.4, -0.2) is 20.9 Å². The fraction of sp³-hybridized carbons (Fsp3) is 0.160. The van der Waals surface area contributed by atoms with E-state index in [1.807, 2.05) is 43.3 Å². The molecule has 0 aliphatic heterocycles. The molecule has 0 radical (unpaired) electrons. The largest absolute Gasteiger partial charge is 0.445 e. The summed E-state index contributed by atoms with van der Waals surface area (Å²) in [6, 6.07) is 20.3. The van der Waals surface area contributed by atoms with E-state index < -0.39 is 0 Å². The Labute approximate surface area is 175 Å². The summed E-state index contributed by atoms with van der Waals surface area (Å²) in [7, 11) is 0. The number of hydrogen-bond acceptors (Lipinski definition) is 5. The van der Waals surface area contributed by atoms with E-state index in [2.05, 4.69) is 46.3 Å². The van der Waals surface area contributed by atoms with E-state index in [-0.39, 0.29) is 5.92 Å². The predicted molar refractivity (Wildman–Crippen MR) is 117 cm³/mol. The Bertz CT molecular complexity index is 1150. The van der Waals surface area contributed by atoms with Gasteiger partial charge in [-0.15, -0.1) is 0 Å². The lowest BCUT2D eigenvalue weighted by Crippen LogP contribution is -2.12. The first-order valence-electron chi connectivity index (χ1n) is 9.85. The second-order valence-electron chi connectivity index (χ2n) is 7.31. The Morgan fingerprint density at radius 3 is 2.47 bits per heavy atom. The topological polar surface area (TPSA) is 71.5 Å². The molecule has 150 valence electrons. The van der Waals surface area contributed by atoms with Crippen LogP contribution in [0.25, 0.3) is 11.5 Å². The van der Waals surface area contributed by atoms with Gasteiger partial charge in [0.15, 0.2) is 0 Å². The Balaban J connectivity index is 1.73. The summed E-state index contributed by atoms with van der Waals surface area (Å²) < 4.78 is 5.41. The van der Waals surface area contributed by atoms with Crippen molar-refractivity contribution in [3.63, 3.8) is 0 Å². The normalized spacial score (nSPS) is 12.7. The molecular weight excluding hydrogens is 374 g/mol. The van der Waals surface area contributed by atoms with Crippen molar-refractivity contribution in [3.05, 3.63) is 107 Å². The van der Waals surface area contributed by atoms with Crippen molar-refractivity contribution in [2.75, 3.05) is 0 Å². The van der Waals surface area contributed by atoms with Gasteiger partial charge in [-0.3, -0.25) is 4.98 Å². The molecule has 1 atom stereocenters. The molecule has 2 aromatic heterocycles. The minimum Gasteiger partial charge on any atom is -0.445 e.